The molecule has 0 radical (unpaired) electrons. The lowest BCUT2D eigenvalue weighted by molar-refractivity contribution is -0.192. The highest BCUT2D eigenvalue weighted by Crippen LogP contribution is 2.31. The number of hydrogen-bond donors (Lipinski definition) is 3. The van der Waals surface area contributed by atoms with Gasteiger partial charge in [-0.3, -0.25) is 9.69 Å². The molecule has 238 valence electrons. The number of sulfonamides is 1. The van der Waals surface area contributed by atoms with Crippen molar-refractivity contribution in [2.75, 3.05) is 25.0 Å². The molecule has 1 aliphatic carbocycles. The lowest BCUT2D eigenvalue weighted by Crippen LogP contribution is -2.42. The number of carbonyl (C=O) groups excluding carboxylic acids is 1. The summed E-state index contributed by atoms with van der Waals surface area (Å²) in [5.41, 5.74) is -0.874. The molecule has 1 atom stereocenters. The maximum Gasteiger partial charge on any atom is 0.490 e. The minimum Gasteiger partial charge on any atom is -0.475 e. The maximum atomic E-state index is 13.0. The zero-order valence-corrected chi connectivity index (χ0v) is 23.9. The van der Waals surface area contributed by atoms with Crippen molar-refractivity contribution in [1.82, 2.24) is 9.62 Å². The Bertz CT molecular complexity index is 1360. The van der Waals surface area contributed by atoms with Crippen LogP contribution < -0.4 is 10.0 Å². The van der Waals surface area contributed by atoms with Crippen LogP contribution in [0.4, 0.5) is 32.0 Å². The number of aliphatic carboxylic acids is 1. The molecule has 2 fully saturated rings. The summed E-state index contributed by atoms with van der Waals surface area (Å²) in [6.07, 6.45) is -1.31. The summed E-state index contributed by atoms with van der Waals surface area (Å²) in [5, 5.41) is 9.53. The fourth-order valence-electron chi connectivity index (χ4n) is 5.14. The average molecular weight is 638 g/mol. The number of likely N-dealkylation sites (tertiary alicyclic amines) is 1. The van der Waals surface area contributed by atoms with Gasteiger partial charge in [0.05, 0.1) is 10.5 Å². The zero-order valence-electron chi connectivity index (χ0n) is 23.0. The second-order valence-corrected chi connectivity index (χ2v) is 12.3. The Labute approximate surface area is 245 Å². The summed E-state index contributed by atoms with van der Waals surface area (Å²) in [6, 6.07) is 9.94. The van der Waals surface area contributed by atoms with Crippen molar-refractivity contribution >= 4 is 27.6 Å². The van der Waals surface area contributed by atoms with Crippen LogP contribution in [0, 0.1) is 5.92 Å². The Morgan fingerprint density at radius 3 is 2.19 bits per heavy atom. The second kappa shape index (κ2) is 14.5. The molecule has 8 nitrogen and oxygen atoms in total. The number of hydrogen-bond acceptors (Lipinski definition) is 5. The summed E-state index contributed by atoms with van der Waals surface area (Å²) >= 11 is 0. The van der Waals surface area contributed by atoms with E-state index in [1.54, 1.807) is 0 Å². The summed E-state index contributed by atoms with van der Waals surface area (Å²) in [7, 11) is -3.86. The first-order valence-corrected chi connectivity index (χ1v) is 15.2. The van der Waals surface area contributed by atoms with Gasteiger partial charge >= 0.3 is 18.3 Å². The number of anilines is 1. The van der Waals surface area contributed by atoms with E-state index in [9.17, 15) is 39.6 Å². The van der Waals surface area contributed by atoms with Gasteiger partial charge in [-0.15, -0.1) is 0 Å². The Morgan fingerprint density at radius 1 is 0.907 bits per heavy atom. The van der Waals surface area contributed by atoms with Crippen molar-refractivity contribution in [3.63, 3.8) is 0 Å². The van der Waals surface area contributed by atoms with E-state index < -0.39 is 39.8 Å². The molecule has 43 heavy (non-hydrogen) atoms. The van der Waals surface area contributed by atoms with Crippen LogP contribution >= 0.6 is 0 Å². The number of nitrogens with one attached hydrogen (secondary N) is 2. The van der Waals surface area contributed by atoms with Crippen molar-refractivity contribution in [3.8, 4) is 0 Å². The fraction of sp³-hybridized carbons (Fsp3) is 0.500. The molecular weight excluding hydrogens is 604 g/mol. The SMILES string of the molecule is O=C(Nc1cccc(C(F)(F)F)c1)c1cccc(S(=O)(=O)NCC2CCCN2CC2CCCCC2)c1.O=C(O)C(F)(F)F. The maximum absolute atomic E-state index is 13.0. The third-order valence-corrected chi connectivity index (χ3v) is 8.74. The van der Waals surface area contributed by atoms with Gasteiger partial charge in [-0.2, -0.15) is 26.3 Å². The zero-order chi connectivity index (χ0) is 31.8. The quantitative estimate of drug-likeness (QED) is 0.310. The largest absolute Gasteiger partial charge is 0.490 e. The Kier molecular flexibility index (Phi) is 11.6. The standard InChI is InChI=1S/C26H32F3N3O3S.C2HF3O2/c27-26(28,29)21-10-5-11-22(16-21)31-25(33)20-9-4-13-24(15-20)36(34,35)30-17-23-12-6-14-32(23)18-19-7-2-1-3-8-19;3-2(4,5)1(6)7/h4-5,9-11,13,15-16,19,23,30H,1-3,6-8,12,14,17-18H2,(H,31,33);(H,6,7). The fourth-order valence-corrected chi connectivity index (χ4v) is 6.26. The number of amides is 1. The van der Waals surface area contributed by atoms with Gasteiger partial charge in [0.25, 0.3) is 5.91 Å². The normalized spacial score (nSPS) is 18.5. The van der Waals surface area contributed by atoms with Gasteiger partial charge in [-0.1, -0.05) is 31.4 Å². The molecule has 1 amide bonds. The van der Waals surface area contributed by atoms with Crippen LogP contribution in [-0.4, -0.2) is 62.2 Å². The van der Waals surface area contributed by atoms with Gasteiger partial charge in [-0.25, -0.2) is 17.9 Å². The van der Waals surface area contributed by atoms with Crippen molar-refractivity contribution in [2.24, 2.45) is 5.92 Å². The molecule has 0 spiro atoms. The predicted molar refractivity (Wildman–Crippen MR) is 146 cm³/mol. The predicted octanol–water partition coefficient (Wildman–Crippen LogP) is 5.91. The second-order valence-electron chi connectivity index (χ2n) is 10.5. The van der Waals surface area contributed by atoms with Gasteiger partial charge in [-0.05, 0) is 74.5 Å². The van der Waals surface area contributed by atoms with Crippen LogP contribution in [0.5, 0.6) is 0 Å². The first kappa shape index (κ1) is 34.3. The smallest absolute Gasteiger partial charge is 0.475 e. The van der Waals surface area contributed by atoms with Gasteiger partial charge in [0.15, 0.2) is 0 Å². The van der Waals surface area contributed by atoms with Crippen LogP contribution in [0.25, 0.3) is 0 Å². The molecule has 1 unspecified atom stereocenters. The van der Waals surface area contributed by atoms with Crippen LogP contribution in [0.1, 0.15) is 60.9 Å². The summed E-state index contributed by atoms with van der Waals surface area (Å²) in [6.45, 7) is 2.29. The van der Waals surface area contributed by atoms with E-state index in [2.05, 4.69) is 14.9 Å². The number of rotatable bonds is 8. The molecule has 1 saturated carbocycles. The average Bonchev–Trinajstić information content (AvgIpc) is 3.39. The highest BCUT2D eigenvalue weighted by Gasteiger charge is 2.38. The van der Waals surface area contributed by atoms with E-state index in [1.165, 1.54) is 68.5 Å². The van der Waals surface area contributed by atoms with Crippen molar-refractivity contribution in [3.05, 3.63) is 59.7 Å². The first-order valence-electron chi connectivity index (χ1n) is 13.7. The number of benzene rings is 2. The van der Waals surface area contributed by atoms with Crippen LogP contribution in [-0.2, 0) is 21.0 Å². The molecule has 2 aromatic carbocycles. The van der Waals surface area contributed by atoms with Crippen LogP contribution in [0.15, 0.2) is 53.4 Å². The van der Waals surface area contributed by atoms with Gasteiger partial charge in [0.1, 0.15) is 0 Å². The number of halogens is 6. The minimum atomic E-state index is -5.08. The summed E-state index contributed by atoms with van der Waals surface area (Å²) in [5.74, 6) is -2.77. The summed E-state index contributed by atoms with van der Waals surface area (Å²) in [4.78, 5) is 23.9. The molecule has 4 rings (SSSR count). The molecule has 1 heterocycles. The number of carbonyl (C=O) groups is 2. The summed E-state index contributed by atoms with van der Waals surface area (Å²) < 4.78 is 99.3. The lowest BCUT2D eigenvalue weighted by Gasteiger charge is -2.31. The molecule has 0 bridgehead atoms. The van der Waals surface area contributed by atoms with E-state index in [0.29, 0.717) is 12.5 Å². The first-order chi connectivity index (χ1) is 20.1. The molecule has 3 N–H and O–H groups in total. The van der Waals surface area contributed by atoms with E-state index in [0.717, 1.165) is 38.1 Å². The molecule has 0 aromatic heterocycles. The molecule has 2 aromatic rings. The van der Waals surface area contributed by atoms with Crippen LogP contribution in [0.3, 0.4) is 0 Å². The van der Waals surface area contributed by atoms with E-state index in [4.69, 9.17) is 9.90 Å². The Balaban J connectivity index is 0.000000646. The van der Waals surface area contributed by atoms with E-state index in [-0.39, 0.29) is 22.2 Å². The van der Waals surface area contributed by atoms with Crippen molar-refractivity contribution in [2.45, 2.75) is 68.2 Å². The topological polar surface area (TPSA) is 116 Å². The number of carboxylic acids is 1. The Hall–Kier alpha value is -3.17. The minimum absolute atomic E-state index is 0.0273. The third-order valence-electron chi connectivity index (χ3n) is 7.32. The van der Waals surface area contributed by atoms with Gasteiger partial charge in [0.2, 0.25) is 10.0 Å². The highest BCUT2D eigenvalue weighted by molar-refractivity contribution is 7.89. The Morgan fingerprint density at radius 2 is 1.56 bits per heavy atom. The monoisotopic (exact) mass is 637 g/mol. The molecule has 1 saturated heterocycles. The number of alkyl halides is 6. The molecule has 2 aliphatic rings. The van der Waals surface area contributed by atoms with E-state index in [1.807, 2.05) is 0 Å². The van der Waals surface area contributed by atoms with Crippen molar-refractivity contribution < 1.29 is 49.5 Å². The lowest BCUT2D eigenvalue weighted by atomic mass is 9.89. The molecular formula is C28H33F6N3O5S. The number of nitrogens with zero attached hydrogens (tertiary/aromatic N) is 1. The highest BCUT2D eigenvalue weighted by atomic mass is 32.2. The van der Waals surface area contributed by atoms with Crippen LogP contribution in [0.2, 0.25) is 0 Å². The molecule has 1 aliphatic heterocycles. The van der Waals surface area contributed by atoms with Crippen molar-refractivity contribution in [1.29, 1.82) is 0 Å². The molecule has 15 heteroatoms. The third kappa shape index (κ3) is 10.5. The van der Waals surface area contributed by atoms with Gasteiger partial charge in [0, 0.05) is 30.4 Å². The van der Waals surface area contributed by atoms with Gasteiger partial charge < -0.3 is 10.4 Å². The number of carboxylic acid groups (broad SMARTS) is 1. The van der Waals surface area contributed by atoms with E-state index >= 15 is 0 Å².